The third-order valence-electron chi connectivity index (χ3n) is 11.2. The van der Waals surface area contributed by atoms with Gasteiger partial charge in [0.15, 0.2) is 0 Å². The van der Waals surface area contributed by atoms with Gasteiger partial charge in [-0.2, -0.15) is 0 Å². The number of carboxylic acids is 1. The van der Waals surface area contributed by atoms with Crippen LogP contribution < -0.4 is 10.1 Å². The van der Waals surface area contributed by atoms with E-state index in [1.807, 2.05) is 37.4 Å². The lowest BCUT2D eigenvalue weighted by Crippen LogP contribution is -2.53. The van der Waals surface area contributed by atoms with Crippen molar-refractivity contribution in [2.24, 2.45) is 11.8 Å². The number of carbonyl (C=O) groups is 1. The lowest BCUT2D eigenvalue weighted by Gasteiger charge is -2.47. The summed E-state index contributed by atoms with van der Waals surface area (Å²) in [5.74, 6) is 1.73. The third-order valence-corrected chi connectivity index (χ3v) is 11.4. The van der Waals surface area contributed by atoms with Crippen molar-refractivity contribution in [2.75, 3.05) is 11.9 Å². The first-order valence-corrected chi connectivity index (χ1v) is 17.1. The van der Waals surface area contributed by atoms with Gasteiger partial charge in [-0.1, -0.05) is 56.6 Å². The molecule has 0 bridgehead atoms. The van der Waals surface area contributed by atoms with Crippen LogP contribution in [-0.2, 0) is 16.6 Å². The zero-order valence-corrected chi connectivity index (χ0v) is 27.7. The van der Waals surface area contributed by atoms with Crippen LogP contribution in [0.2, 0.25) is 5.02 Å². The predicted molar refractivity (Wildman–Crippen MR) is 179 cm³/mol. The maximum atomic E-state index is 12.8. The third kappa shape index (κ3) is 6.08. The number of carboxylic acid groups (broad SMARTS) is 1. The van der Waals surface area contributed by atoms with Gasteiger partial charge >= 0.3 is 5.97 Å². The SMILES string of the molecule is CC(O)c1ccc2c(c1)C1(CCC(Nc3cccc(Cl)c3)(C(=O)O)CC1)C(C[C@@H](C)COc1ccnc3c1[C@H](C)CC[C@H]3C)C2. The quantitative estimate of drug-likeness (QED) is 0.219. The highest BCUT2D eigenvalue weighted by Crippen LogP contribution is 2.56. The van der Waals surface area contributed by atoms with Crippen LogP contribution in [0.4, 0.5) is 5.69 Å². The number of anilines is 1. The summed E-state index contributed by atoms with van der Waals surface area (Å²) < 4.78 is 6.57. The summed E-state index contributed by atoms with van der Waals surface area (Å²) in [4.78, 5) is 17.6. The molecule has 45 heavy (non-hydrogen) atoms. The number of nitrogens with one attached hydrogen (secondary N) is 1. The van der Waals surface area contributed by atoms with E-state index in [2.05, 4.69) is 38.2 Å². The molecule has 6 rings (SSSR count). The predicted octanol–water partition coefficient (Wildman–Crippen LogP) is 8.81. The number of fused-ring (bicyclic) bond motifs is 3. The molecule has 1 heterocycles. The zero-order chi connectivity index (χ0) is 31.9. The van der Waals surface area contributed by atoms with Crippen LogP contribution in [0, 0.1) is 11.8 Å². The van der Waals surface area contributed by atoms with E-state index in [0.717, 1.165) is 49.1 Å². The van der Waals surface area contributed by atoms with Gasteiger partial charge in [0.1, 0.15) is 11.3 Å². The fraction of sp³-hybridized carbons (Fsp3) is 0.526. The van der Waals surface area contributed by atoms with Gasteiger partial charge in [0.25, 0.3) is 0 Å². The summed E-state index contributed by atoms with van der Waals surface area (Å²) in [7, 11) is 0. The van der Waals surface area contributed by atoms with Crippen LogP contribution in [0.3, 0.4) is 0 Å². The summed E-state index contributed by atoms with van der Waals surface area (Å²) in [6, 6.07) is 15.8. The number of ether oxygens (including phenoxy) is 1. The Morgan fingerprint density at radius 2 is 1.82 bits per heavy atom. The van der Waals surface area contributed by atoms with E-state index in [4.69, 9.17) is 21.3 Å². The van der Waals surface area contributed by atoms with E-state index < -0.39 is 17.6 Å². The molecule has 3 aromatic rings. The second kappa shape index (κ2) is 12.6. The lowest BCUT2D eigenvalue weighted by molar-refractivity contribution is -0.144. The molecule has 3 N–H and O–H groups in total. The average Bonchev–Trinajstić information content (AvgIpc) is 3.30. The Morgan fingerprint density at radius 1 is 1.07 bits per heavy atom. The van der Waals surface area contributed by atoms with Crippen LogP contribution in [0.25, 0.3) is 0 Å². The highest BCUT2D eigenvalue weighted by molar-refractivity contribution is 6.30. The van der Waals surface area contributed by atoms with Crippen molar-refractivity contribution in [2.45, 2.75) is 108 Å². The molecule has 0 amide bonds. The number of rotatable bonds is 9. The van der Waals surface area contributed by atoms with E-state index in [1.54, 1.807) is 12.1 Å². The molecule has 3 aliphatic carbocycles. The first kappa shape index (κ1) is 31.9. The summed E-state index contributed by atoms with van der Waals surface area (Å²) in [6.07, 6.45) is 8.14. The maximum Gasteiger partial charge on any atom is 0.329 e. The minimum atomic E-state index is -1.06. The molecule has 3 aliphatic rings. The number of aromatic nitrogens is 1. The Kier molecular flexibility index (Phi) is 8.93. The van der Waals surface area contributed by atoms with Crippen molar-refractivity contribution in [1.29, 1.82) is 0 Å². The number of pyridine rings is 1. The van der Waals surface area contributed by atoms with Gasteiger partial charge < -0.3 is 20.3 Å². The number of hydrogen-bond donors (Lipinski definition) is 3. The molecule has 1 spiro atoms. The van der Waals surface area contributed by atoms with Crippen LogP contribution >= 0.6 is 11.6 Å². The van der Waals surface area contributed by atoms with Crippen LogP contribution in [-0.4, -0.2) is 33.3 Å². The standard InChI is InChI=1S/C38H47ClN2O4/c1-23(22-45-33-12-17-40-35-25(3)9-8-24(2)34(33)35)18-29-19-28-11-10-27(26(4)42)20-32(28)37(29)13-15-38(16-14-37,36(43)44)41-31-7-5-6-30(39)21-31/h5-7,10-12,17,20-21,23-26,29,41-42H,8-9,13-16,18-19,22H2,1-4H3,(H,43,44)/t23-,24-,25-,26?,29?,37?,38?/m1/s1. The Hall–Kier alpha value is -3.09. The second-order valence-corrected chi connectivity index (χ2v) is 14.7. The van der Waals surface area contributed by atoms with Gasteiger partial charge in [-0.05, 0) is 128 Å². The smallest absolute Gasteiger partial charge is 0.329 e. The first-order chi connectivity index (χ1) is 21.5. The van der Waals surface area contributed by atoms with E-state index in [9.17, 15) is 15.0 Å². The molecule has 0 radical (unpaired) electrons. The lowest BCUT2D eigenvalue weighted by atomic mass is 9.59. The molecule has 0 saturated heterocycles. The van der Waals surface area contributed by atoms with E-state index in [-0.39, 0.29) is 5.41 Å². The highest BCUT2D eigenvalue weighted by Gasteiger charge is 2.54. The molecule has 5 atom stereocenters. The van der Waals surface area contributed by atoms with Crippen LogP contribution in [0.1, 0.15) is 119 Å². The molecule has 1 fully saturated rings. The van der Waals surface area contributed by atoms with Gasteiger partial charge in [0, 0.05) is 22.5 Å². The number of benzene rings is 2. The van der Waals surface area contributed by atoms with E-state index in [1.165, 1.54) is 28.8 Å². The number of hydrogen-bond acceptors (Lipinski definition) is 5. The normalized spacial score (nSPS) is 28.6. The maximum absolute atomic E-state index is 12.8. The van der Waals surface area contributed by atoms with Crippen LogP contribution in [0.5, 0.6) is 5.75 Å². The minimum absolute atomic E-state index is 0.150. The average molecular weight is 631 g/mol. The molecule has 240 valence electrons. The summed E-state index contributed by atoms with van der Waals surface area (Å²) in [5.41, 5.74) is 5.53. The summed E-state index contributed by atoms with van der Waals surface area (Å²) in [6.45, 7) is 9.27. The number of aliphatic hydroxyl groups excluding tert-OH is 1. The number of halogens is 1. The molecule has 6 nitrogen and oxygen atoms in total. The topological polar surface area (TPSA) is 91.7 Å². The molecule has 1 saturated carbocycles. The van der Waals surface area contributed by atoms with Gasteiger partial charge in [-0.25, -0.2) is 4.79 Å². The second-order valence-electron chi connectivity index (χ2n) is 14.3. The molecule has 2 aromatic carbocycles. The van der Waals surface area contributed by atoms with E-state index >= 15 is 0 Å². The zero-order valence-electron chi connectivity index (χ0n) is 27.0. The molecule has 0 aliphatic heterocycles. The molecule has 1 aromatic heterocycles. The number of nitrogens with zero attached hydrogens (tertiary/aromatic N) is 1. The fourth-order valence-electron chi connectivity index (χ4n) is 8.57. The van der Waals surface area contributed by atoms with Crippen LogP contribution in [0.15, 0.2) is 54.7 Å². The minimum Gasteiger partial charge on any atom is -0.493 e. The highest BCUT2D eigenvalue weighted by atomic mass is 35.5. The fourth-order valence-corrected chi connectivity index (χ4v) is 8.76. The van der Waals surface area contributed by atoms with Gasteiger partial charge in [-0.3, -0.25) is 4.98 Å². The Balaban J connectivity index is 1.24. The van der Waals surface area contributed by atoms with Crippen molar-refractivity contribution < 1.29 is 19.7 Å². The molecular weight excluding hydrogens is 584 g/mol. The van der Waals surface area contributed by atoms with Crippen molar-refractivity contribution >= 4 is 23.3 Å². The largest absolute Gasteiger partial charge is 0.493 e. The van der Waals surface area contributed by atoms with Crippen molar-refractivity contribution in [3.8, 4) is 5.75 Å². The van der Waals surface area contributed by atoms with E-state index in [0.29, 0.717) is 48.1 Å². The Bertz CT molecular complexity index is 1550. The number of aliphatic carboxylic acids is 1. The molecule has 7 heteroatoms. The monoisotopic (exact) mass is 630 g/mol. The molecular formula is C38H47ClN2O4. The molecule has 2 unspecified atom stereocenters. The van der Waals surface area contributed by atoms with Gasteiger partial charge in [0.05, 0.1) is 18.4 Å². The van der Waals surface area contributed by atoms with Gasteiger partial charge in [0.2, 0.25) is 0 Å². The Morgan fingerprint density at radius 3 is 2.53 bits per heavy atom. The van der Waals surface area contributed by atoms with Gasteiger partial charge in [-0.15, -0.1) is 0 Å². The Labute approximate surface area is 272 Å². The van der Waals surface area contributed by atoms with Crippen molar-refractivity contribution in [1.82, 2.24) is 4.98 Å². The summed E-state index contributed by atoms with van der Waals surface area (Å²) in [5, 5.41) is 24.9. The van der Waals surface area contributed by atoms with Crippen molar-refractivity contribution in [3.63, 3.8) is 0 Å². The number of aliphatic hydroxyl groups is 1. The summed E-state index contributed by atoms with van der Waals surface area (Å²) >= 11 is 6.24. The van der Waals surface area contributed by atoms with Crippen molar-refractivity contribution in [3.05, 3.63) is 87.7 Å². The first-order valence-electron chi connectivity index (χ1n) is 16.7.